The first-order chi connectivity index (χ1) is 16.9. The second-order valence-electron chi connectivity index (χ2n) is 8.02. The Morgan fingerprint density at radius 1 is 1.09 bits per heavy atom. The van der Waals surface area contributed by atoms with Gasteiger partial charge in [0.1, 0.15) is 12.4 Å². The van der Waals surface area contributed by atoms with Crippen LogP contribution in [0.1, 0.15) is 33.1 Å². The number of hydrogen-bond acceptors (Lipinski definition) is 6. The summed E-state index contributed by atoms with van der Waals surface area (Å²) in [6.45, 7) is 0.732. The predicted octanol–water partition coefficient (Wildman–Crippen LogP) is 4.71. The molecule has 6 nitrogen and oxygen atoms in total. The normalized spacial score (nSPS) is 15.1. The zero-order valence-corrected chi connectivity index (χ0v) is 21.0. The van der Waals surface area contributed by atoms with Crippen LogP contribution < -0.4 is 9.46 Å². The van der Waals surface area contributed by atoms with Crippen LogP contribution in [0.2, 0.25) is 0 Å². The van der Waals surface area contributed by atoms with Crippen molar-refractivity contribution in [1.82, 2.24) is 4.72 Å². The number of benzene rings is 3. The van der Waals surface area contributed by atoms with E-state index in [1.165, 1.54) is 12.5 Å². The van der Waals surface area contributed by atoms with E-state index in [4.69, 9.17) is 9.47 Å². The Labute approximate surface area is 210 Å². The van der Waals surface area contributed by atoms with Crippen LogP contribution >= 0.6 is 11.8 Å². The molecule has 182 valence electrons. The largest absolute Gasteiger partial charge is 0.489 e. The third-order valence-electron chi connectivity index (χ3n) is 5.58. The summed E-state index contributed by atoms with van der Waals surface area (Å²) in [4.78, 5) is 11.8. The van der Waals surface area contributed by atoms with E-state index in [1.807, 2.05) is 66.7 Å². The monoisotopic (exact) mass is 509 g/mol. The predicted molar refractivity (Wildman–Crippen MR) is 140 cm³/mol. The molecule has 3 aromatic rings. The molecule has 0 spiro atoms. The number of carbonyl (C=O) groups excluding carboxylic acids is 1. The average molecular weight is 510 g/mol. The fourth-order valence-electron chi connectivity index (χ4n) is 3.85. The van der Waals surface area contributed by atoms with Crippen molar-refractivity contribution in [3.63, 3.8) is 0 Å². The van der Waals surface area contributed by atoms with Gasteiger partial charge in [-0.1, -0.05) is 66.7 Å². The van der Waals surface area contributed by atoms with E-state index in [9.17, 15) is 13.2 Å². The van der Waals surface area contributed by atoms with Gasteiger partial charge in [0, 0.05) is 23.3 Å². The summed E-state index contributed by atoms with van der Waals surface area (Å²) in [6.07, 6.45) is 1.75. The molecule has 1 unspecified atom stereocenters. The molecule has 0 aromatic heterocycles. The summed E-state index contributed by atoms with van der Waals surface area (Å²) < 4.78 is 38.4. The number of nitrogens with one attached hydrogen (secondary N) is 1. The van der Waals surface area contributed by atoms with Gasteiger partial charge in [-0.2, -0.15) is 0 Å². The van der Waals surface area contributed by atoms with Crippen molar-refractivity contribution in [2.75, 3.05) is 19.4 Å². The van der Waals surface area contributed by atoms with E-state index >= 15 is 0 Å². The minimum Gasteiger partial charge on any atom is -0.489 e. The molecular formula is C27H27NO5S2. The van der Waals surface area contributed by atoms with E-state index in [0.29, 0.717) is 12.4 Å². The molecule has 8 heteroatoms. The minimum absolute atomic E-state index is 0.0642. The molecule has 0 radical (unpaired) electrons. The van der Waals surface area contributed by atoms with Gasteiger partial charge in [-0.25, -0.2) is 13.1 Å². The molecule has 0 amide bonds. The quantitative estimate of drug-likeness (QED) is 0.332. The highest BCUT2D eigenvalue weighted by Crippen LogP contribution is 2.44. The third-order valence-corrected chi connectivity index (χ3v) is 7.96. The molecule has 35 heavy (non-hydrogen) atoms. The Bertz CT molecular complexity index is 1310. The lowest BCUT2D eigenvalue weighted by Crippen LogP contribution is -2.24. The second kappa shape index (κ2) is 11.6. The molecule has 3 aromatic carbocycles. The molecule has 0 saturated carbocycles. The fraction of sp³-hybridized carbons (Fsp3) is 0.222. The van der Waals surface area contributed by atoms with Gasteiger partial charge >= 0.3 is 5.97 Å². The van der Waals surface area contributed by atoms with Crippen LogP contribution in [0.4, 0.5) is 0 Å². The van der Waals surface area contributed by atoms with Crippen molar-refractivity contribution in [2.24, 2.45) is 0 Å². The highest BCUT2D eigenvalue weighted by atomic mass is 32.2. The topological polar surface area (TPSA) is 81.7 Å². The highest BCUT2D eigenvalue weighted by Gasteiger charge is 2.25. The van der Waals surface area contributed by atoms with Crippen LogP contribution in [0.5, 0.6) is 5.75 Å². The molecule has 0 aliphatic carbocycles. The maximum atomic E-state index is 12.4. The SMILES string of the molecule is COC(=O)Cc1ccc2c(c1)C(SCCNS(=O)(=O)/C=C/c1ccccc1)c1ccccc1CO2. The molecule has 1 aliphatic heterocycles. The van der Waals surface area contributed by atoms with Gasteiger partial charge in [0.2, 0.25) is 10.0 Å². The zero-order chi connectivity index (χ0) is 24.7. The van der Waals surface area contributed by atoms with Crippen molar-refractivity contribution < 1.29 is 22.7 Å². The smallest absolute Gasteiger partial charge is 0.309 e. The summed E-state index contributed by atoms with van der Waals surface area (Å²) in [5.74, 6) is 1.01. The number of hydrogen-bond donors (Lipinski definition) is 1. The lowest BCUT2D eigenvalue weighted by Gasteiger charge is -2.19. The standard InChI is InChI=1S/C27H27NO5S2/c1-32-26(29)18-21-11-12-25-24(17-21)27(23-10-6-5-9-22(23)19-33-25)34-15-14-28-35(30,31)16-13-20-7-3-2-4-8-20/h2-13,16-17,27-28H,14-15,18-19H2,1H3/b16-13+. The number of thioether (sulfide) groups is 1. The Balaban J connectivity index is 1.49. The van der Waals surface area contributed by atoms with Gasteiger partial charge in [-0.05, 0) is 34.4 Å². The Hall–Kier alpha value is -3.07. The zero-order valence-electron chi connectivity index (χ0n) is 19.3. The maximum Gasteiger partial charge on any atom is 0.309 e. The Morgan fingerprint density at radius 2 is 1.86 bits per heavy atom. The lowest BCUT2D eigenvalue weighted by molar-refractivity contribution is -0.139. The van der Waals surface area contributed by atoms with Crippen molar-refractivity contribution >= 4 is 33.8 Å². The molecule has 4 rings (SSSR count). The van der Waals surface area contributed by atoms with Crippen LogP contribution in [0, 0.1) is 0 Å². The summed E-state index contributed by atoms with van der Waals surface area (Å²) >= 11 is 1.64. The molecular weight excluding hydrogens is 482 g/mol. The molecule has 0 saturated heterocycles. The van der Waals surface area contributed by atoms with Gasteiger partial charge in [-0.3, -0.25) is 4.79 Å². The van der Waals surface area contributed by atoms with E-state index in [1.54, 1.807) is 17.8 Å². The summed E-state index contributed by atoms with van der Waals surface area (Å²) in [5.41, 5.74) is 4.84. The first kappa shape index (κ1) is 25.0. The first-order valence-corrected chi connectivity index (χ1v) is 13.8. The van der Waals surface area contributed by atoms with Crippen molar-refractivity contribution in [1.29, 1.82) is 0 Å². The summed E-state index contributed by atoms with van der Waals surface area (Å²) in [5, 5.41) is 1.13. The lowest BCUT2D eigenvalue weighted by atomic mass is 9.98. The Morgan fingerprint density at radius 3 is 2.66 bits per heavy atom. The summed E-state index contributed by atoms with van der Waals surface area (Å²) in [7, 11) is -2.18. The number of sulfonamides is 1. The maximum absolute atomic E-state index is 12.4. The van der Waals surface area contributed by atoms with Gasteiger partial charge in [-0.15, -0.1) is 11.8 Å². The van der Waals surface area contributed by atoms with E-state index in [2.05, 4.69) is 10.8 Å². The van der Waals surface area contributed by atoms with E-state index in [0.717, 1.165) is 33.6 Å². The number of carbonyl (C=O) groups is 1. The first-order valence-electron chi connectivity index (χ1n) is 11.2. The molecule has 1 N–H and O–H groups in total. The highest BCUT2D eigenvalue weighted by molar-refractivity contribution is 7.99. The van der Waals surface area contributed by atoms with Crippen LogP contribution in [0.15, 0.2) is 78.2 Å². The van der Waals surface area contributed by atoms with Crippen LogP contribution in [-0.2, 0) is 32.6 Å². The molecule has 1 aliphatic rings. The van der Waals surface area contributed by atoms with Crippen LogP contribution in [0.25, 0.3) is 6.08 Å². The molecule has 0 fully saturated rings. The van der Waals surface area contributed by atoms with Crippen LogP contribution in [-0.4, -0.2) is 33.8 Å². The number of fused-ring (bicyclic) bond motifs is 2. The van der Waals surface area contributed by atoms with E-state index in [-0.39, 0.29) is 24.2 Å². The summed E-state index contributed by atoms with van der Waals surface area (Å²) in [6, 6.07) is 23.1. The third kappa shape index (κ3) is 6.75. The number of esters is 1. The van der Waals surface area contributed by atoms with Gasteiger partial charge in [0.05, 0.1) is 18.8 Å². The number of ether oxygens (including phenoxy) is 2. The van der Waals surface area contributed by atoms with Crippen LogP contribution in [0.3, 0.4) is 0 Å². The van der Waals surface area contributed by atoms with Gasteiger partial charge < -0.3 is 9.47 Å². The van der Waals surface area contributed by atoms with Crippen molar-refractivity contribution in [3.8, 4) is 5.75 Å². The molecule has 1 heterocycles. The Kier molecular flexibility index (Phi) is 8.28. The second-order valence-corrected chi connectivity index (χ2v) is 10.9. The van der Waals surface area contributed by atoms with E-state index < -0.39 is 10.0 Å². The minimum atomic E-state index is -3.55. The van der Waals surface area contributed by atoms with Gasteiger partial charge in [0.15, 0.2) is 0 Å². The van der Waals surface area contributed by atoms with Crippen molar-refractivity contribution in [3.05, 3.63) is 106 Å². The van der Waals surface area contributed by atoms with Crippen molar-refractivity contribution in [2.45, 2.75) is 18.3 Å². The number of methoxy groups -OCH3 is 1. The molecule has 0 bridgehead atoms. The average Bonchev–Trinajstić information content (AvgIpc) is 3.02. The fourth-order valence-corrected chi connectivity index (χ4v) is 6.03. The molecule has 1 atom stereocenters. The number of rotatable bonds is 9. The van der Waals surface area contributed by atoms with Gasteiger partial charge in [0.25, 0.3) is 0 Å².